The average molecular weight is 338 g/mol. The highest BCUT2D eigenvalue weighted by atomic mass is 32.2. The van der Waals surface area contributed by atoms with Crippen LogP contribution in [0.2, 0.25) is 0 Å². The van der Waals surface area contributed by atoms with Gasteiger partial charge in [0.2, 0.25) is 10.0 Å². The van der Waals surface area contributed by atoms with Crippen molar-refractivity contribution in [3.63, 3.8) is 0 Å². The molecule has 0 radical (unpaired) electrons. The van der Waals surface area contributed by atoms with E-state index in [1.54, 1.807) is 6.08 Å². The molecule has 0 amide bonds. The molecule has 6 heteroatoms. The summed E-state index contributed by atoms with van der Waals surface area (Å²) in [5, 5.41) is 1.22. The number of sulfonamides is 1. The molecule has 23 heavy (non-hydrogen) atoms. The molecule has 2 atom stereocenters. The summed E-state index contributed by atoms with van der Waals surface area (Å²) in [6, 6.07) is 7.72. The lowest BCUT2D eigenvalue weighted by molar-refractivity contribution is -0.0671. The van der Waals surface area contributed by atoms with Gasteiger partial charge in [-0.3, -0.25) is 4.90 Å². The second-order valence-corrected chi connectivity index (χ2v) is 7.82. The number of morpholine rings is 1. The lowest BCUT2D eigenvalue weighted by Gasteiger charge is -2.35. The first kappa shape index (κ1) is 18.1. The van der Waals surface area contributed by atoms with Gasteiger partial charge in [0.25, 0.3) is 0 Å². The van der Waals surface area contributed by atoms with Gasteiger partial charge in [0.05, 0.1) is 12.2 Å². The normalized spacial score (nSPS) is 23.4. The lowest BCUT2D eigenvalue weighted by Crippen LogP contribution is -2.47. The van der Waals surface area contributed by atoms with Crippen molar-refractivity contribution in [2.75, 3.05) is 26.2 Å². The van der Waals surface area contributed by atoms with E-state index in [-0.39, 0.29) is 12.2 Å². The number of aryl methyl sites for hydroxylation is 1. The minimum Gasteiger partial charge on any atom is -0.373 e. The summed E-state index contributed by atoms with van der Waals surface area (Å²) in [5.41, 5.74) is 2.02. The van der Waals surface area contributed by atoms with Crippen molar-refractivity contribution in [1.29, 1.82) is 0 Å². The SMILES string of the molecule is Cc1ccc(/C=C\S(=O)(=O)NCCN2C[C@H](C)O[C@@H](C)C2)cc1. The van der Waals surface area contributed by atoms with Crippen LogP contribution in [0.5, 0.6) is 0 Å². The summed E-state index contributed by atoms with van der Waals surface area (Å²) in [7, 11) is -3.41. The van der Waals surface area contributed by atoms with E-state index in [1.165, 1.54) is 5.41 Å². The number of hydrogen-bond donors (Lipinski definition) is 1. The van der Waals surface area contributed by atoms with Crippen molar-refractivity contribution < 1.29 is 13.2 Å². The minimum absolute atomic E-state index is 0.191. The third kappa shape index (κ3) is 6.43. The Labute approximate surface area is 139 Å². The predicted octanol–water partition coefficient (Wildman–Crippen LogP) is 1.99. The monoisotopic (exact) mass is 338 g/mol. The van der Waals surface area contributed by atoms with Crippen LogP contribution in [0.1, 0.15) is 25.0 Å². The second kappa shape index (κ2) is 8.06. The van der Waals surface area contributed by atoms with Gasteiger partial charge >= 0.3 is 0 Å². The molecular formula is C17H26N2O3S. The topological polar surface area (TPSA) is 58.6 Å². The largest absolute Gasteiger partial charge is 0.373 e. The van der Waals surface area contributed by atoms with E-state index in [0.717, 1.165) is 24.2 Å². The van der Waals surface area contributed by atoms with E-state index in [2.05, 4.69) is 9.62 Å². The summed E-state index contributed by atoms with van der Waals surface area (Å²) in [6.45, 7) is 8.85. The first-order valence-corrected chi connectivity index (χ1v) is 9.51. The number of benzene rings is 1. The van der Waals surface area contributed by atoms with E-state index in [4.69, 9.17) is 4.74 Å². The molecule has 1 aliphatic heterocycles. The zero-order valence-corrected chi connectivity index (χ0v) is 14.8. The molecule has 0 saturated carbocycles. The molecule has 1 N–H and O–H groups in total. The molecule has 1 aromatic carbocycles. The zero-order chi connectivity index (χ0) is 16.9. The highest BCUT2D eigenvalue weighted by Gasteiger charge is 2.21. The van der Waals surface area contributed by atoms with Gasteiger partial charge in [0.15, 0.2) is 0 Å². The number of hydrogen-bond acceptors (Lipinski definition) is 4. The maximum Gasteiger partial charge on any atom is 0.233 e. The number of rotatable bonds is 6. The Balaban J connectivity index is 1.80. The van der Waals surface area contributed by atoms with E-state index >= 15 is 0 Å². The van der Waals surface area contributed by atoms with Crippen LogP contribution in [0.25, 0.3) is 6.08 Å². The van der Waals surface area contributed by atoms with E-state index in [1.807, 2.05) is 45.0 Å². The molecule has 128 valence electrons. The minimum atomic E-state index is -3.41. The van der Waals surface area contributed by atoms with Crippen LogP contribution >= 0.6 is 0 Å². The summed E-state index contributed by atoms with van der Waals surface area (Å²) in [4.78, 5) is 2.23. The fourth-order valence-corrected chi connectivity index (χ4v) is 3.52. The van der Waals surface area contributed by atoms with Crippen molar-refractivity contribution in [2.24, 2.45) is 0 Å². The third-order valence-electron chi connectivity index (χ3n) is 3.74. The van der Waals surface area contributed by atoms with Crippen molar-refractivity contribution in [3.8, 4) is 0 Å². The Morgan fingerprint density at radius 2 is 1.83 bits per heavy atom. The van der Waals surface area contributed by atoms with Gasteiger partial charge in [0.1, 0.15) is 0 Å². The van der Waals surface area contributed by atoms with Crippen LogP contribution in [0.4, 0.5) is 0 Å². The van der Waals surface area contributed by atoms with E-state index in [9.17, 15) is 8.42 Å². The molecule has 2 rings (SSSR count). The van der Waals surface area contributed by atoms with Gasteiger partial charge in [-0.05, 0) is 32.4 Å². The van der Waals surface area contributed by atoms with Crippen molar-refractivity contribution in [3.05, 3.63) is 40.8 Å². The number of ether oxygens (including phenoxy) is 1. The second-order valence-electron chi connectivity index (χ2n) is 6.17. The molecule has 0 bridgehead atoms. The van der Waals surface area contributed by atoms with Gasteiger partial charge < -0.3 is 4.74 Å². The molecule has 0 aromatic heterocycles. The smallest absolute Gasteiger partial charge is 0.233 e. The van der Waals surface area contributed by atoms with Crippen LogP contribution in [0.3, 0.4) is 0 Å². The number of nitrogens with one attached hydrogen (secondary N) is 1. The molecule has 1 saturated heterocycles. The van der Waals surface area contributed by atoms with Gasteiger partial charge in [-0.25, -0.2) is 13.1 Å². The summed E-state index contributed by atoms with van der Waals surface area (Å²) in [6.07, 6.45) is 1.99. The van der Waals surface area contributed by atoms with Crippen molar-refractivity contribution >= 4 is 16.1 Å². The van der Waals surface area contributed by atoms with Crippen LogP contribution < -0.4 is 4.72 Å². The zero-order valence-electron chi connectivity index (χ0n) is 14.0. The molecule has 5 nitrogen and oxygen atoms in total. The highest BCUT2D eigenvalue weighted by Crippen LogP contribution is 2.10. The molecule has 1 aromatic rings. The fraction of sp³-hybridized carbons (Fsp3) is 0.529. The molecule has 1 heterocycles. The van der Waals surface area contributed by atoms with Gasteiger partial charge in [-0.15, -0.1) is 0 Å². The molecule has 1 fully saturated rings. The van der Waals surface area contributed by atoms with Gasteiger partial charge in [0, 0.05) is 31.6 Å². The Bertz CT molecular complexity index is 616. The van der Waals surface area contributed by atoms with E-state index in [0.29, 0.717) is 13.1 Å². The molecule has 1 aliphatic rings. The number of nitrogens with zero attached hydrogens (tertiary/aromatic N) is 1. The van der Waals surface area contributed by atoms with Gasteiger partial charge in [-0.2, -0.15) is 0 Å². The van der Waals surface area contributed by atoms with Crippen LogP contribution in [-0.2, 0) is 14.8 Å². The van der Waals surface area contributed by atoms with Crippen molar-refractivity contribution in [1.82, 2.24) is 9.62 Å². The Hall–Kier alpha value is -1.21. The molecule has 0 spiro atoms. The maximum absolute atomic E-state index is 12.0. The molecule has 0 aliphatic carbocycles. The quantitative estimate of drug-likeness (QED) is 0.862. The third-order valence-corrected chi connectivity index (χ3v) is 4.84. The lowest BCUT2D eigenvalue weighted by atomic mass is 10.2. The van der Waals surface area contributed by atoms with Crippen molar-refractivity contribution in [2.45, 2.75) is 33.0 Å². The predicted molar refractivity (Wildman–Crippen MR) is 93.6 cm³/mol. The highest BCUT2D eigenvalue weighted by molar-refractivity contribution is 7.92. The fourth-order valence-electron chi connectivity index (χ4n) is 2.71. The first-order chi connectivity index (χ1) is 10.8. The standard InChI is InChI=1S/C17H26N2O3S/c1-14-4-6-17(7-5-14)8-11-23(20,21)18-9-10-19-12-15(2)22-16(3)13-19/h4-8,11,15-16,18H,9-10,12-13H2,1-3H3/b11-8-/t15-,16-/m0/s1. The summed E-state index contributed by atoms with van der Waals surface area (Å²) in [5.74, 6) is 0. The first-order valence-electron chi connectivity index (χ1n) is 7.96. The van der Waals surface area contributed by atoms with Gasteiger partial charge in [-0.1, -0.05) is 29.8 Å². The molecular weight excluding hydrogens is 312 g/mol. The Kier molecular flexibility index (Phi) is 6.35. The van der Waals surface area contributed by atoms with Crippen LogP contribution in [0, 0.1) is 6.92 Å². The maximum atomic E-state index is 12.0. The van der Waals surface area contributed by atoms with Crippen LogP contribution in [0.15, 0.2) is 29.7 Å². The van der Waals surface area contributed by atoms with E-state index < -0.39 is 10.0 Å². The summed E-state index contributed by atoms with van der Waals surface area (Å²) < 4.78 is 32.3. The summed E-state index contributed by atoms with van der Waals surface area (Å²) >= 11 is 0. The Morgan fingerprint density at radius 1 is 1.22 bits per heavy atom. The van der Waals surface area contributed by atoms with Crippen LogP contribution in [-0.4, -0.2) is 51.7 Å². The molecule has 0 unspecified atom stereocenters. The Morgan fingerprint density at radius 3 is 2.43 bits per heavy atom. The average Bonchev–Trinajstić information content (AvgIpc) is 2.45.